The van der Waals surface area contributed by atoms with Gasteiger partial charge in [-0.25, -0.2) is 14.6 Å². The van der Waals surface area contributed by atoms with Gasteiger partial charge in [-0.05, 0) is 36.7 Å². The van der Waals surface area contributed by atoms with Crippen molar-refractivity contribution in [3.05, 3.63) is 59.4 Å². The highest BCUT2D eigenvalue weighted by Gasteiger charge is 2.60. The van der Waals surface area contributed by atoms with Crippen molar-refractivity contribution in [1.82, 2.24) is 15.2 Å². The summed E-state index contributed by atoms with van der Waals surface area (Å²) in [5.41, 5.74) is 2.53. The van der Waals surface area contributed by atoms with Gasteiger partial charge in [-0.3, -0.25) is 9.69 Å². The minimum atomic E-state index is -5.08. The molecular weight excluding hydrogens is 443 g/mol. The zero-order chi connectivity index (χ0) is 23.9. The molecule has 0 aliphatic carbocycles. The number of carboxylic acids is 2. The number of para-hydroxylation sites is 1. The molecule has 2 fully saturated rings. The van der Waals surface area contributed by atoms with Crippen molar-refractivity contribution < 1.29 is 37.8 Å². The van der Waals surface area contributed by atoms with Crippen molar-refractivity contribution in [2.75, 3.05) is 6.54 Å². The molecule has 1 unspecified atom stereocenters. The van der Waals surface area contributed by atoms with E-state index in [4.69, 9.17) is 9.90 Å². The normalized spacial score (nSPS) is 23.8. The maximum atomic E-state index is 12.3. The summed E-state index contributed by atoms with van der Waals surface area (Å²) in [6, 6.07) is 11.5. The SMILES string of the molecule is O=C(O)C(F)(F)F.O=C(O)C1=C(/C=C/c2ccc3ccccc3n2)C2CCN[C@@H]3C(=O)N1[C@H]23. The molecule has 8 nitrogen and oxygen atoms in total. The van der Waals surface area contributed by atoms with Gasteiger partial charge in [0, 0.05) is 11.3 Å². The van der Waals surface area contributed by atoms with Crippen LogP contribution >= 0.6 is 0 Å². The van der Waals surface area contributed by atoms with Crippen molar-refractivity contribution in [1.29, 1.82) is 0 Å². The van der Waals surface area contributed by atoms with Crippen molar-refractivity contribution in [3.8, 4) is 0 Å². The van der Waals surface area contributed by atoms with E-state index in [1.807, 2.05) is 48.6 Å². The number of hydrogen-bond acceptors (Lipinski definition) is 5. The summed E-state index contributed by atoms with van der Waals surface area (Å²) in [7, 11) is 0. The summed E-state index contributed by atoms with van der Waals surface area (Å²) in [6.45, 7) is 0.726. The molecule has 11 heteroatoms. The fraction of sp³-hybridized carbons (Fsp3) is 0.273. The van der Waals surface area contributed by atoms with Crippen LogP contribution in [0.15, 0.2) is 53.7 Å². The summed E-state index contributed by atoms with van der Waals surface area (Å²) in [6.07, 6.45) is -0.579. The van der Waals surface area contributed by atoms with E-state index >= 15 is 0 Å². The van der Waals surface area contributed by atoms with Crippen LogP contribution in [0.3, 0.4) is 0 Å². The van der Waals surface area contributed by atoms with Crippen molar-refractivity contribution in [2.45, 2.75) is 24.7 Å². The first-order valence-corrected chi connectivity index (χ1v) is 9.97. The molecule has 0 radical (unpaired) electrons. The average molecular weight is 461 g/mol. The number of piperidine rings is 1. The number of allylic oxidation sites excluding steroid dienone is 1. The largest absolute Gasteiger partial charge is 0.490 e. The summed E-state index contributed by atoms with van der Waals surface area (Å²) in [5, 5.41) is 21.0. The van der Waals surface area contributed by atoms with Gasteiger partial charge in [0.2, 0.25) is 5.91 Å². The van der Waals surface area contributed by atoms with E-state index in [0.29, 0.717) is 0 Å². The third-order valence-corrected chi connectivity index (χ3v) is 5.79. The molecule has 33 heavy (non-hydrogen) atoms. The molecule has 5 rings (SSSR count). The molecular formula is C22H18F3N3O5. The lowest BCUT2D eigenvalue weighted by Crippen LogP contribution is -2.71. The zero-order valence-corrected chi connectivity index (χ0v) is 16.9. The second kappa shape index (κ2) is 8.32. The third kappa shape index (κ3) is 4.07. The average Bonchev–Trinajstić information content (AvgIpc) is 3.10. The Morgan fingerprint density at radius 2 is 1.82 bits per heavy atom. The quantitative estimate of drug-likeness (QED) is 0.601. The molecule has 1 aromatic carbocycles. The van der Waals surface area contributed by atoms with Crippen molar-refractivity contribution >= 4 is 34.8 Å². The number of carboxylic acid groups (broad SMARTS) is 2. The standard InChI is InChI=1S/C20H17N3O3.C2HF3O2/c24-19-16-17-14(9-10-21-16)13(18(20(25)26)23(17)19)8-7-12-6-5-11-3-1-2-4-15(11)22-12;3-2(4,5)1(6)7/h1-8,14,16-17,21H,9-10H2,(H,25,26);(H,6,7)/b8-7+;/t14?,16-,17+;/m0./s1. The number of carbonyl (C=O) groups is 3. The lowest BCUT2D eigenvalue weighted by molar-refractivity contribution is -0.192. The molecule has 1 amide bonds. The highest BCUT2D eigenvalue weighted by molar-refractivity contribution is 6.02. The van der Waals surface area contributed by atoms with E-state index in [1.165, 1.54) is 4.90 Å². The number of hydrogen-bond donors (Lipinski definition) is 3. The van der Waals surface area contributed by atoms with Crippen LogP contribution in [0.25, 0.3) is 17.0 Å². The van der Waals surface area contributed by atoms with Gasteiger partial charge < -0.3 is 15.5 Å². The molecule has 0 saturated carbocycles. The number of halogens is 3. The summed E-state index contributed by atoms with van der Waals surface area (Å²) < 4.78 is 31.7. The van der Waals surface area contributed by atoms with E-state index in [-0.39, 0.29) is 29.6 Å². The molecule has 172 valence electrons. The van der Waals surface area contributed by atoms with Crippen LogP contribution in [-0.4, -0.2) is 62.7 Å². The smallest absolute Gasteiger partial charge is 0.477 e. The van der Waals surface area contributed by atoms with E-state index in [1.54, 1.807) is 0 Å². The second-order valence-corrected chi connectivity index (χ2v) is 7.70. The first-order valence-electron chi connectivity index (χ1n) is 9.97. The lowest BCUT2D eigenvalue weighted by Gasteiger charge is -2.48. The monoisotopic (exact) mass is 461 g/mol. The number of benzene rings is 1. The highest BCUT2D eigenvalue weighted by Crippen LogP contribution is 2.46. The Morgan fingerprint density at radius 1 is 1.12 bits per heavy atom. The van der Waals surface area contributed by atoms with Gasteiger partial charge in [0.25, 0.3) is 0 Å². The van der Waals surface area contributed by atoms with Crippen molar-refractivity contribution in [3.63, 3.8) is 0 Å². The Morgan fingerprint density at radius 3 is 2.48 bits per heavy atom. The Labute approximate surface area is 185 Å². The molecule has 4 heterocycles. The molecule has 3 aliphatic heterocycles. The Balaban J connectivity index is 0.000000325. The first kappa shape index (κ1) is 22.5. The van der Waals surface area contributed by atoms with Crippen LogP contribution in [0.5, 0.6) is 0 Å². The van der Waals surface area contributed by atoms with Gasteiger partial charge >= 0.3 is 18.1 Å². The Kier molecular flexibility index (Phi) is 5.66. The van der Waals surface area contributed by atoms with Crippen molar-refractivity contribution in [2.24, 2.45) is 5.92 Å². The fourth-order valence-electron chi connectivity index (χ4n) is 4.39. The van der Waals surface area contributed by atoms with E-state index < -0.39 is 18.1 Å². The molecule has 3 atom stereocenters. The predicted octanol–water partition coefficient (Wildman–Crippen LogP) is 2.42. The zero-order valence-electron chi connectivity index (χ0n) is 16.9. The predicted molar refractivity (Wildman–Crippen MR) is 110 cm³/mol. The molecule has 1 aromatic heterocycles. The highest BCUT2D eigenvalue weighted by atomic mass is 19.4. The van der Waals surface area contributed by atoms with E-state index in [9.17, 15) is 27.9 Å². The van der Waals surface area contributed by atoms with E-state index in [2.05, 4.69) is 10.3 Å². The number of carbonyl (C=O) groups excluding carboxylic acids is 1. The molecule has 3 aliphatic rings. The van der Waals surface area contributed by atoms with Gasteiger partial charge in [0.05, 0.1) is 17.3 Å². The number of alkyl halides is 3. The number of aliphatic carboxylic acids is 2. The summed E-state index contributed by atoms with van der Waals surface area (Å²) in [4.78, 5) is 39.0. The fourth-order valence-corrected chi connectivity index (χ4v) is 4.39. The maximum absolute atomic E-state index is 12.3. The molecule has 0 spiro atoms. The second-order valence-electron chi connectivity index (χ2n) is 7.70. The Bertz CT molecular complexity index is 1210. The van der Waals surface area contributed by atoms with Gasteiger partial charge in [-0.2, -0.15) is 13.2 Å². The third-order valence-electron chi connectivity index (χ3n) is 5.79. The number of rotatable bonds is 3. The Hall–Kier alpha value is -3.73. The molecule has 3 N–H and O–H groups in total. The number of β-lactam (4-membered cyclic amide) rings is 1. The summed E-state index contributed by atoms with van der Waals surface area (Å²) >= 11 is 0. The van der Waals surface area contributed by atoms with Crippen LogP contribution in [0.2, 0.25) is 0 Å². The van der Waals surface area contributed by atoms with Crippen LogP contribution in [0.1, 0.15) is 12.1 Å². The lowest BCUT2D eigenvalue weighted by atomic mass is 9.79. The van der Waals surface area contributed by atoms with Crippen LogP contribution < -0.4 is 5.32 Å². The summed E-state index contributed by atoms with van der Waals surface area (Å²) in [5.74, 6) is -3.86. The number of pyridine rings is 1. The number of amides is 1. The van der Waals surface area contributed by atoms with Crippen LogP contribution in [0, 0.1) is 5.92 Å². The molecule has 2 saturated heterocycles. The van der Waals surface area contributed by atoms with Crippen LogP contribution in [-0.2, 0) is 14.4 Å². The first-order chi connectivity index (χ1) is 15.6. The molecule has 0 bridgehead atoms. The number of fused-ring (bicyclic) bond motifs is 1. The maximum Gasteiger partial charge on any atom is 0.490 e. The van der Waals surface area contributed by atoms with Gasteiger partial charge in [-0.1, -0.05) is 30.3 Å². The number of nitrogens with one attached hydrogen (secondary N) is 1. The van der Waals surface area contributed by atoms with Gasteiger partial charge in [0.1, 0.15) is 11.7 Å². The number of nitrogens with zero attached hydrogens (tertiary/aromatic N) is 2. The van der Waals surface area contributed by atoms with Gasteiger partial charge in [-0.15, -0.1) is 0 Å². The van der Waals surface area contributed by atoms with Crippen LogP contribution in [0.4, 0.5) is 13.2 Å². The topological polar surface area (TPSA) is 120 Å². The molecule has 2 aromatic rings. The van der Waals surface area contributed by atoms with Gasteiger partial charge in [0.15, 0.2) is 0 Å². The minimum absolute atomic E-state index is 0.0634. The van der Waals surface area contributed by atoms with E-state index in [0.717, 1.165) is 35.1 Å². The minimum Gasteiger partial charge on any atom is -0.477 e. The number of aromatic nitrogens is 1.